The highest BCUT2D eigenvalue weighted by molar-refractivity contribution is 5.54. The molecule has 0 saturated heterocycles. The van der Waals surface area contributed by atoms with Gasteiger partial charge in [0.2, 0.25) is 0 Å². The summed E-state index contributed by atoms with van der Waals surface area (Å²) in [5.41, 5.74) is 2.00. The lowest BCUT2D eigenvalue weighted by Crippen LogP contribution is -2.10. The van der Waals surface area contributed by atoms with Crippen LogP contribution in [0.4, 0.5) is 10.1 Å². The van der Waals surface area contributed by atoms with Gasteiger partial charge >= 0.3 is 0 Å². The number of hydrogen-bond acceptors (Lipinski definition) is 3. The Kier molecular flexibility index (Phi) is 4.25. The van der Waals surface area contributed by atoms with Gasteiger partial charge in [0, 0.05) is 16.8 Å². The maximum Gasteiger partial charge on any atom is 0.123 e. The minimum absolute atomic E-state index is 0.0425. The predicted molar refractivity (Wildman–Crippen MR) is 77.2 cm³/mol. The smallest absolute Gasteiger partial charge is 0.123 e. The zero-order valence-electron chi connectivity index (χ0n) is 11.5. The molecule has 2 rings (SSSR count). The number of aliphatic hydroxyl groups excluding tert-OH is 1. The van der Waals surface area contributed by atoms with Gasteiger partial charge in [-0.1, -0.05) is 18.2 Å². The molecule has 2 unspecified atom stereocenters. The molecule has 2 atom stereocenters. The predicted octanol–water partition coefficient (Wildman–Crippen LogP) is 3.76. The van der Waals surface area contributed by atoms with Crippen LogP contribution in [-0.2, 0) is 0 Å². The highest BCUT2D eigenvalue weighted by Gasteiger charge is 2.14. The summed E-state index contributed by atoms with van der Waals surface area (Å²) in [5, 5.41) is 22.7. The number of nitrogens with one attached hydrogen (secondary N) is 1. The third-order valence-electron chi connectivity index (χ3n) is 3.24. The molecule has 0 bridgehead atoms. The Balaban J connectivity index is 2.28. The fraction of sp³-hybridized carbons (Fsp3) is 0.250. The van der Waals surface area contributed by atoms with Gasteiger partial charge in [-0.25, -0.2) is 4.39 Å². The first-order chi connectivity index (χ1) is 9.49. The lowest BCUT2D eigenvalue weighted by Gasteiger charge is -2.20. The maximum absolute atomic E-state index is 13.3. The van der Waals surface area contributed by atoms with Gasteiger partial charge in [-0.05, 0) is 38.1 Å². The Morgan fingerprint density at radius 1 is 1.05 bits per heavy atom. The van der Waals surface area contributed by atoms with E-state index in [2.05, 4.69) is 5.32 Å². The molecular formula is C16H18FNO2. The number of anilines is 1. The second-order valence-electron chi connectivity index (χ2n) is 4.83. The van der Waals surface area contributed by atoms with Crippen LogP contribution in [0.1, 0.15) is 37.1 Å². The standard InChI is InChI=1S/C16H18FNO2/c1-10(14-9-12(17)7-8-16(14)20)18-15-6-4-3-5-13(15)11(2)19/h3-11,18-20H,1-2H3. The largest absolute Gasteiger partial charge is 0.508 e. The number of hydrogen-bond donors (Lipinski definition) is 3. The van der Waals surface area contributed by atoms with Crippen molar-refractivity contribution >= 4 is 5.69 Å². The molecule has 3 nitrogen and oxygen atoms in total. The first-order valence-electron chi connectivity index (χ1n) is 6.51. The third-order valence-corrected chi connectivity index (χ3v) is 3.24. The summed E-state index contributed by atoms with van der Waals surface area (Å²) in [6, 6.07) is 10.9. The van der Waals surface area contributed by atoms with E-state index in [1.165, 1.54) is 18.2 Å². The summed E-state index contributed by atoms with van der Waals surface area (Å²) in [6.07, 6.45) is -0.605. The first-order valence-corrected chi connectivity index (χ1v) is 6.51. The van der Waals surface area contributed by atoms with Crippen LogP contribution in [0.25, 0.3) is 0 Å². The number of aliphatic hydroxyl groups is 1. The molecule has 0 spiro atoms. The van der Waals surface area contributed by atoms with Crippen molar-refractivity contribution in [3.05, 3.63) is 59.4 Å². The van der Waals surface area contributed by atoms with Crippen LogP contribution in [0.3, 0.4) is 0 Å². The van der Waals surface area contributed by atoms with Crippen molar-refractivity contribution < 1.29 is 14.6 Å². The molecular weight excluding hydrogens is 257 g/mol. The van der Waals surface area contributed by atoms with Crippen LogP contribution in [0, 0.1) is 5.82 Å². The number of aromatic hydroxyl groups is 1. The van der Waals surface area contributed by atoms with E-state index in [-0.39, 0.29) is 11.8 Å². The highest BCUT2D eigenvalue weighted by atomic mass is 19.1. The zero-order valence-corrected chi connectivity index (χ0v) is 11.5. The maximum atomic E-state index is 13.3. The van der Waals surface area contributed by atoms with E-state index in [1.54, 1.807) is 6.92 Å². The average molecular weight is 275 g/mol. The van der Waals surface area contributed by atoms with Crippen molar-refractivity contribution in [2.75, 3.05) is 5.32 Å². The van der Waals surface area contributed by atoms with Gasteiger partial charge in [0.15, 0.2) is 0 Å². The molecule has 0 amide bonds. The number of phenolic OH excluding ortho intramolecular Hbond substituents is 1. The van der Waals surface area contributed by atoms with E-state index in [4.69, 9.17) is 0 Å². The van der Waals surface area contributed by atoms with E-state index < -0.39 is 11.9 Å². The number of rotatable bonds is 4. The van der Waals surface area contributed by atoms with Crippen molar-refractivity contribution in [2.45, 2.75) is 26.0 Å². The van der Waals surface area contributed by atoms with E-state index in [0.29, 0.717) is 5.56 Å². The fourth-order valence-corrected chi connectivity index (χ4v) is 2.18. The molecule has 0 aliphatic carbocycles. The molecule has 3 N–H and O–H groups in total. The summed E-state index contributed by atoms with van der Waals surface area (Å²) >= 11 is 0. The molecule has 0 aromatic heterocycles. The van der Waals surface area contributed by atoms with Crippen LogP contribution in [0.15, 0.2) is 42.5 Å². The van der Waals surface area contributed by atoms with E-state index in [0.717, 1.165) is 11.3 Å². The first kappa shape index (κ1) is 14.3. The molecule has 0 aliphatic rings. The lowest BCUT2D eigenvalue weighted by molar-refractivity contribution is 0.200. The van der Waals surface area contributed by atoms with Gasteiger partial charge in [0.25, 0.3) is 0 Å². The Bertz CT molecular complexity index is 599. The quantitative estimate of drug-likeness (QED) is 0.796. The molecule has 0 heterocycles. The molecule has 0 radical (unpaired) electrons. The average Bonchev–Trinajstić information content (AvgIpc) is 2.41. The van der Waals surface area contributed by atoms with Crippen LogP contribution in [0.5, 0.6) is 5.75 Å². The summed E-state index contributed by atoms with van der Waals surface area (Å²) in [6.45, 7) is 3.51. The third kappa shape index (κ3) is 3.08. The van der Waals surface area contributed by atoms with Crippen molar-refractivity contribution in [3.8, 4) is 5.75 Å². The molecule has 4 heteroatoms. The molecule has 0 fully saturated rings. The molecule has 2 aromatic rings. The molecule has 0 saturated carbocycles. The van der Waals surface area contributed by atoms with Gasteiger partial charge in [0.05, 0.1) is 12.1 Å². The normalized spacial score (nSPS) is 13.8. The SMILES string of the molecule is CC(O)c1ccccc1NC(C)c1cc(F)ccc1O. The second kappa shape index (κ2) is 5.92. The Hall–Kier alpha value is -2.07. The number of phenols is 1. The molecule has 0 aliphatic heterocycles. The molecule has 106 valence electrons. The van der Waals surface area contributed by atoms with Gasteiger partial charge < -0.3 is 15.5 Å². The number of para-hydroxylation sites is 1. The molecule has 2 aromatic carbocycles. The summed E-state index contributed by atoms with van der Waals surface area (Å²) < 4.78 is 13.3. The lowest BCUT2D eigenvalue weighted by atomic mass is 10.0. The minimum Gasteiger partial charge on any atom is -0.508 e. The van der Waals surface area contributed by atoms with Crippen molar-refractivity contribution in [3.63, 3.8) is 0 Å². The Morgan fingerprint density at radius 2 is 1.75 bits per heavy atom. The van der Waals surface area contributed by atoms with Crippen LogP contribution >= 0.6 is 0 Å². The van der Waals surface area contributed by atoms with Crippen LogP contribution in [0.2, 0.25) is 0 Å². The van der Waals surface area contributed by atoms with E-state index >= 15 is 0 Å². The topological polar surface area (TPSA) is 52.5 Å². The van der Waals surface area contributed by atoms with Crippen molar-refractivity contribution in [1.29, 1.82) is 0 Å². The van der Waals surface area contributed by atoms with Crippen molar-refractivity contribution in [2.24, 2.45) is 0 Å². The summed E-state index contributed by atoms with van der Waals surface area (Å²) in [5.74, 6) is -0.351. The van der Waals surface area contributed by atoms with Gasteiger partial charge in [-0.15, -0.1) is 0 Å². The molecule has 20 heavy (non-hydrogen) atoms. The minimum atomic E-state index is -0.605. The van der Waals surface area contributed by atoms with Gasteiger partial charge in [-0.3, -0.25) is 0 Å². The zero-order chi connectivity index (χ0) is 14.7. The Morgan fingerprint density at radius 3 is 2.45 bits per heavy atom. The van der Waals surface area contributed by atoms with Crippen LogP contribution in [-0.4, -0.2) is 10.2 Å². The van der Waals surface area contributed by atoms with Gasteiger partial charge in [0.1, 0.15) is 11.6 Å². The fourth-order valence-electron chi connectivity index (χ4n) is 2.18. The van der Waals surface area contributed by atoms with Crippen LogP contribution < -0.4 is 5.32 Å². The van der Waals surface area contributed by atoms with Gasteiger partial charge in [-0.2, -0.15) is 0 Å². The monoisotopic (exact) mass is 275 g/mol. The highest BCUT2D eigenvalue weighted by Crippen LogP contribution is 2.30. The number of halogens is 1. The number of benzene rings is 2. The van der Waals surface area contributed by atoms with E-state index in [1.807, 2.05) is 31.2 Å². The van der Waals surface area contributed by atoms with E-state index in [9.17, 15) is 14.6 Å². The van der Waals surface area contributed by atoms with Crippen molar-refractivity contribution in [1.82, 2.24) is 0 Å². The second-order valence-corrected chi connectivity index (χ2v) is 4.83. The Labute approximate surface area is 117 Å². The summed E-state index contributed by atoms with van der Waals surface area (Å²) in [4.78, 5) is 0. The summed E-state index contributed by atoms with van der Waals surface area (Å²) in [7, 11) is 0.